The molecule has 4 N–H and O–H groups in total. The Balaban J connectivity index is 1.84. The molecule has 0 aliphatic rings. The molecule has 0 radical (unpaired) electrons. The van der Waals surface area contributed by atoms with E-state index < -0.39 is 0 Å². The van der Waals surface area contributed by atoms with Crippen molar-refractivity contribution in [1.82, 2.24) is 9.97 Å². The average Bonchev–Trinajstić information content (AvgIpc) is 2.51. The summed E-state index contributed by atoms with van der Waals surface area (Å²) in [5.41, 5.74) is 10.5. The first-order valence-electron chi connectivity index (χ1n) is 7.40. The van der Waals surface area contributed by atoms with Crippen LogP contribution in [-0.4, -0.2) is 9.97 Å². The topological polar surface area (TPSA) is 75.9 Å². The zero-order valence-electron chi connectivity index (χ0n) is 13.2. The summed E-state index contributed by atoms with van der Waals surface area (Å²) in [6.45, 7) is 4.03. The van der Waals surface area contributed by atoms with E-state index in [1.165, 1.54) is 5.56 Å². The van der Waals surface area contributed by atoms with E-state index in [1.807, 2.05) is 43.3 Å². The van der Waals surface area contributed by atoms with Crippen LogP contribution in [0.15, 0.2) is 54.7 Å². The molecule has 0 aliphatic heterocycles. The van der Waals surface area contributed by atoms with E-state index >= 15 is 0 Å². The summed E-state index contributed by atoms with van der Waals surface area (Å²) in [5, 5.41) is 6.50. The van der Waals surface area contributed by atoms with Gasteiger partial charge in [-0.1, -0.05) is 18.2 Å². The molecular weight excluding hydrogens is 286 g/mol. The molecule has 0 spiro atoms. The van der Waals surface area contributed by atoms with Crippen LogP contribution in [0.3, 0.4) is 0 Å². The highest BCUT2D eigenvalue weighted by Crippen LogP contribution is 2.22. The van der Waals surface area contributed by atoms with Gasteiger partial charge in [0.15, 0.2) is 0 Å². The molecule has 23 heavy (non-hydrogen) atoms. The molecule has 0 fully saturated rings. The van der Waals surface area contributed by atoms with Gasteiger partial charge in [0.05, 0.1) is 0 Å². The number of aryl methyl sites for hydroxylation is 2. The van der Waals surface area contributed by atoms with Crippen LogP contribution in [0.2, 0.25) is 0 Å². The molecule has 0 aliphatic carbocycles. The molecule has 3 rings (SSSR count). The lowest BCUT2D eigenvalue weighted by atomic mass is 10.2. The van der Waals surface area contributed by atoms with Crippen LogP contribution in [0.25, 0.3) is 0 Å². The third-order valence-corrected chi connectivity index (χ3v) is 3.40. The second-order valence-corrected chi connectivity index (χ2v) is 5.47. The number of nitrogens with zero attached hydrogens (tertiary/aromatic N) is 2. The number of aromatic nitrogens is 2. The van der Waals surface area contributed by atoms with E-state index in [0.29, 0.717) is 11.6 Å². The van der Waals surface area contributed by atoms with Crippen molar-refractivity contribution in [3.8, 4) is 0 Å². The first-order chi connectivity index (χ1) is 11.1. The molecule has 3 aromatic rings. The van der Waals surface area contributed by atoms with Gasteiger partial charge in [0.25, 0.3) is 0 Å². The van der Waals surface area contributed by atoms with Gasteiger partial charge in [-0.3, -0.25) is 0 Å². The first kappa shape index (κ1) is 14.8. The van der Waals surface area contributed by atoms with E-state index in [1.54, 1.807) is 6.20 Å². The maximum atomic E-state index is 5.79. The van der Waals surface area contributed by atoms with Crippen molar-refractivity contribution < 1.29 is 0 Å². The highest BCUT2D eigenvalue weighted by atomic mass is 15.1. The molecule has 0 amide bonds. The Morgan fingerprint density at radius 2 is 1.65 bits per heavy atom. The Kier molecular flexibility index (Phi) is 4.10. The van der Waals surface area contributed by atoms with Crippen molar-refractivity contribution in [2.75, 3.05) is 16.4 Å². The van der Waals surface area contributed by atoms with Gasteiger partial charge in [-0.15, -0.1) is 0 Å². The second-order valence-electron chi connectivity index (χ2n) is 5.47. The van der Waals surface area contributed by atoms with Crippen molar-refractivity contribution in [1.29, 1.82) is 0 Å². The number of nitrogen functional groups attached to an aromatic ring is 1. The van der Waals surface area contributed by atoms with Crippen LogP contribution >= 0.6 is 0 Å². The van der Waals surface area contributed by atoms with Crippen molar-refractivity contribution in [2.24, 2.45) is 0 Å². The highest BCUT2D eigenvalue weighted by molar-refractivity contribution is 5.63. The monoisotopic (exact) mass is 305 g/mol. The quantitative estimate of drug-likeness (QED) is 0.631. The van der Waals surface area contributed by atoms with Gasteiger partial charge in [-0.2, -0.15) is 4.98 Å². The molecule has 0 unspecified atom stereocenters. The molecule has 2 aromatic carbocycles. The predicted molar refractivity (Wildman–Crippen MR) is 95.4 cm³/mol. The van der Waals surface area contributed by atoms with Crippen molar-refractivity contribution in [3.05, 3.63) is 65.9 Å². The summed E-state index contributed by atoms with van der Waals surface area (Å²) in [5.74, 6) is 1.30. The summed E-state index contributed by atoms with van der Waals surface area (Å²) in [7, 11) is 0. The lowest BCUT2D eigenvalue weighted by Crippen LogP contribution is -2.03. The maximum absolute atomic E-state index is 5.79. The maximum Gasteiger partial charge on any atom is 0.229 e. The molecule has 0 bridgehead atoms. The Bertz CT molecular complexity index is 829. The van der Waals surface area contributed by atoms with Crippen LogP contribution in [0, 0.1) is 13.8 Å². The fourth-order valence-corrected chi connectivity index (χ4v) is 2.23. The third kappa shape index (κ3) is 3.77. The largest absolute Gasteiger partial charge is 0.399 e. The third-order valence-electron chi connectivity index (χ3n) is 3.40. The number of rotatable bonds is 4. The van der Waals surface area contributed by atoms with Gasteiger partial charge in [-0.05, 0) is 49.7 Å². The lowest BCUT2D eigenvalue weighted by molar-refractivity contribution is 1.13. The van der Waals surface area contributed by atoms with Gasteiger partial charge in [-0.25, -0.2) is 4.98 Å². The predicted octanol–water partition coefficient (Wildman–Crippen LogP) is 4.16. The van der Waals surface area contributed by atoms with Crippen LogP contribution in [0.5, 0.6) is 0 Å². The molecule has 0 atom stereocenters. The zero-order valence-corrected chi connectivity index (χ0v) is 13.2. The molecule has 1 aromatic heterocycles. The number of hydrogen-bond acceptors (Lipinski definition) is 5. The second kappa shape index (κ2) is 6.36. The van der Waals surface area contributed by atoms with Crippen LogP contribution < -0.4 is 16.4 Å². The summed E-state index contributed by atoms with van der Waals surface area (Å²) in [6.07, 6.45) is 1.79. The minimum absolute atomic E-state index is 0.524. The van der Waals surface area contributed by atoms with Crippen LogP contribution in [-0.2, 0) is 0 Å². The van der Waals surface area contributed by atoms with Crippen molar-refractivity contribution >= 4 is 28.8 Å². The molecular formula is C18H19N5. The van der Waals surface area contributed by atoms with E-state index in [4.69, 9.17) is 5.73 Å². The molecule has 116 valence electrons. The van der Waals surface area contributed by atoms with Gasteiger partial charge < -0.3 is 16.4 Å². The number of anilines is 5. The minimum Gasteiger partial charge on any atom is -0.399 e. The van der Waals surface area contributed by atoms with Crippen LogP contribution in [0.4, 0.5) is 28.8 Å². The zero-order chi connectivity index (χ0) is 16.2. The molecule has 0 saturated heterocycles. The summed E-state index contributed by atoms with van der Waals surface area (Å²) in [6, 6.07) is 15.7. The first-order valence-corrected chi connectivity index (χ1v) is 7.40. The van der Waals surface area contributed by atoms with E-state index in [-0.39, 0.29) is 0 Å². The summed E-state index contributed by atoms with van der Waals surface area (Å²) < 4.78 is 0. The Labute approximate surface area is 135 Å². The molecule has 5 nitrogen and oxygen atoms in total. The van der Waals surface area contributed by atoms with E-state index in [2.05, 4.69) is 39.7 Å². The normalized spacial score (nSPS) is 10.3. The number of hydrogen-bond donors (Lipinski definition) is 3. The van der Waals surface area contributed by atoms with Gasteiger partial charge in [0.2, 0.25) is 5.95 Å². The van der Waals surface area contributed by atoms with Crippen molar-refractivity contribution in [2.45, 2.75) is 13.8 Å². The van der Waals surface area contributed by atoms with Gasteiger partial charge in [0.1, 0.15) is 5.82 Å². The SMILES string of the molecule is Cc1cccc(Nc2nc(Nc3cccc(N)c3)ncc2C)c1. The lowest BCUT2D eigenvalue weighted by Gasteiger charge is -2.11. The average molecular weight is 305 g/mol. The van der Waals surface area contributed by atoms with Gasteiger partial charge >= 0.3 is 0 Å². The summed E-state index contributed by atoms with van der Waals surface area (Å²) in [4.78, 5) is 8.87. The van der Waals surface area contributed by atoms with Crippen molar-refractivity contribution in [3.63, 3.8) is 0 Å². The smallest absolute Gasteiger partial charge is 0.229 e. The minimum atomic E-state index is 0.524. The Hall–Kier alpha value is -3.08. The Morgan fingerprint density at radius 1 is 0.913 bits per heavy atom. The molecule has 1 heterocycles. The molecule has 5 heteroatoms. The molecule has 0 saturated carbocycles. The number of benzene rings is 2. The number of nitrogens with one attached hydrogen (secondary N) is 2. The Morgan fingerprint density at radius 3 is 2.39 bits per heavy atom. The van der Waals surface area contributed by atoms with Crippen LogP contribution in [0.1, 0.15) is 11.1 Å². The fourth-order valence-electron chi connectivity index (χ4n) is 2.23. The summed E-state index contributed by atoms with van der Waals surface area (Å²) >= 11 is 0. The van der Waals surface area contributed by atoms with Gasteiger partial charge in [0, 0.05) is 28.8 Å². The standard InChI is InChI=1S/C18H19N5/c1-12-5-3-7-15(9-12)21-17-13(2)11-20-18(23-17)22-16-8-4-6-14(19)10-16/h3-11H,19H2,1-2H3,(H2,20,21,22,23). The van der Waals surface area contributed by atoms with E-state index in [9.17, 15) is 0 Å². The number of nitrogens with two attached hydrogens (primary N) is 1. The van der Waals surface area contributed by atoms with E-state index in [0.717, 1.165) is 22.8 Å². The highest BCUT2D eigenvalue weighted by Gasteiger charge is 2.05. The fraction of sp³-hybridized carbons (Fsp3) is 0.111.